The highest BCUT2D eigenvalue weighted by molar-refractivity contribution is 7.92. The van der Waals surface area contributed by atoms with Gasteiger partial charge in [0.15, 0.2) is 0 Å². The van der Waals surface area contributed by atoms with Gasteiger partial charge in [0.25, 0.3) is 0 Å². The van der Waals surface area contributed by atoms with Crippen LogP contribution in [-0.4, -0.2) is 33.9 Å². The summed E-state index contributed by atoms with van der Waals surface area (Å²) >= 11 is 0. The number of benzene rings is 2. The summed E-state index contributed by atoms with van der Waals surface area (Å²) in [6, 6.07) is 12.5. The van der Waals surface area contributed by atoms with Crippen molar-refractivity contribution in [2.24, 2.45) is 0 Å². The van der Waals surface area contributed by atoms with Gasteiger partial charge in [-0.15, -0.1) is 0 Å². The second-order valence-corrected chi connectivity index (χ2v) is 9.00. The summed E-state index contributed by atoms with van der Waals surface area (Å²) in [5, 5.41) is 5.64. The number of rotatable bonds is 7. The van der Waals surface area contributed by atoms with Crippen molar-refractivity contribution in [3.63, 3.8) is 0 Å². The molecule has 29 heavy (non-hydrogen) atoms. The van der Waals surface area contributed by atoms with E-state index in [1.54, 1.807) is 19.2 Å². The van der Waals surface area contributed by atoms with E-state index in [2.05, 4.69) is 10.6 Å². The molecule has 2 amide bonds. The Bertz CT molecular complexity index is 958. The van der Waals surface area contributed by atoms with E-state index in [4.69, 9.17) is 4.74 Å². The van der Waals surface area contributed by atoms with Crippen molar-refractivity contribution in [2.45, 2.75) is 32.7 Å². The monoisotopic (exact) mass is 417 g/mol. The predicted molar refractivity (Wildman–Crippen MR) is 115 cm³/mol. The van der Waals surface area contributed by atoms with Crippen molar-refractivity contribution in [2.75, 3.05) is 29.0 Å². The average molecular weight is 418 g/mol. The topological polar surface area (TPSA) is 87.7 Å². The zero-order valence-corrected chi connectivity index (χ0v) is 17.6. The van der Waals surface area contributed by atoms with Gasteiger partial charge in [-0.2, -0.15) is 0 Å². The molecule has 0 fully saturated rings. The van der Waals surface area contributed by atoms with Gasteiger partial charge in [-0.3, -0.25) is 4.31 Å². The standard InChI is InChI=1S/C21H27N3O4S/c1-3-13-29(26,27)24-12-4-5-17-14-18(8-11-20(17)24)23-21(25)22-15-16-6-9-19(28-2)10-7-16/h6-11,14H,3-5,12-13,15H2,1-2H3,(H2,22,23,25). The molecular formula is C21H27N3O4S. The van der Waals surface area contributed by atoms with Gasteiger partial charge < -0.3 is 15.4 Å². The van der Waals surface area contributed by atoms with Crippen LogP contribution in [0.5, 0.6) is 5.75 Å². The van der Waals surface area contributed by atoms with Gasteiger partial charge in [-0.25, -0.2) is 13.2 Å². The van der Waals surface area contributed by atoms with Crippen molar-refractivity contribution in [1.29, 1.82) is 0 Å². The van der Waals surface area contributed by atoms with Gasteiger partial charge in [0.05, 0.1) is 18.6 Å². The number of methoxy groups -OCH3 is 1. The van der Waals surface area contributed by atoms with E-state index in [0.29, 0.717) is 30.9 Å². The molecule has 2 aromatic carbocycles. The average Bonchev–Trinajstić information content (AvgIpc) is 2.72. The molecule has 1 heterocycles. The zero-order chi connectivity index (χ0) is 20.9. The molecule has 0 saturated heterocycles. The lowest BCUT2D eigenvalue weighted by atomic mass is 10.0. The van der Waals surface area contributed by atoms with Crippen LogP contribution < -0.4 is 19.7 Å². The molecule has 7 nitrogen and oxygen atoms in total. The maximum Gasteiger partial charge on any atom is 0.319 e. The molecule has 0 aliphatic carbocycles. The van der Waals surface area contributed by atoms with Gasteiger partial charge in [0, 0.05) is 18.8 Å². The molecule has 2 N–H and O–H groups in total. The molecule has 0 unspecified atom stereocenters. The summed E-state index contributed by atoms with van der Waals surface area (Å²) in [5.41, 5.74) is 3.26. The van der Waals surface area contributed by atoms with E-state index in [-0.39, 0.29) is 11.8 Å². The van der Waals surface area contributed by atoms with Gasteiger partial charge >= 0.3 is 6.03 Å². The first-order valence-corrected chi connectivity index (χ1v) is 11.3. The van der Waals surface area contributed by atoms with E-state index in [1.165, 1.54) is 4.31 Å². The first-order chi connectivity index (χ1) is 13.9. The summed E-state index contributed by atoms with van der Waals surface area (Å²) < 4.78 is 31.6. The number of hydrogen-bond donors (Lipinski definition) is 2. The Balaban J connectivity index is 1.64. The molecule has 1 aliphatic rings. The van der Waals surface area contributed by atoms with Crippen LogP contribution in [0.1, 0.15) is 30.9 Å². The Morgan fingerprint density at radius 2 is 1.93 bits per heavy atom. The number of hydrogen-bond acceptors (Lipinski definition) is 4. The maximum atomic E-state index is 12.5. The Kier molecular flexibility index (Phi) is 6.64. The van der Waals surface area contributed by atoms with Crippen molar-refractivity contribution in [3.05, 3.63) is 53.6 Å². The fraction of sp³-hybridized carbons (Fsp3) is 0.381. The fourth-order valence-corrected chi connectivity index (χ4v) is 5.02. The van der Waals surface area contributed by atoms with Crippen molar-refractivity contribution >= 4 is 27.4 Å². The highest BCUT2D eigenvalue weighted by atomic mass is 32.2. The van der Waals surface area contributed by atoms with Gasteiger partial charge in [-0.1, -0.05) is 19.1 Å². The second-order valence-electron chi connectivity index (χ2n) is 6.99. The minimum Gasteiger partial charge on any atom is -0.497 e. The molecule has 0 aromatic heterocycles. The maximum absolute atomic E-state index is 12.5. The summed E-state index contributed by atoms with van der Waals surface area (Å²) in [6.07, 6.45) is 2.14. The van der Waals surface area contributed by atoms with E-state index in [1.807, 2.05) is 37.3 Å². The SMILES string of the molecule is CCCS(=O)(=O)N1CCCc2cc(NC(=O)NCc3ccc(OC)cc3)ccc21. The summed E-state index contributed by atoms with van der Waals surface area (Å²) in [5.74, 6) is 0.905. The van der Waals surface area contributed by atoms with E-state index in [0.717, 1.165) is 29.7 Å². The van der Waals surface area contributed by atoms with E-state index < -0.39 is 10.0 Å². The van der Waals surface area contributed by atoms with Gasteiger partial charge in [0.1, 0.15) is 5.75 Å². The number of carbonyl (C=O) groups excluding carboxylic acids is 1. The van der Waals surface area contributed by atoms with Crippen molar-refractivity contribution in [3.8, 4) is 5.75 Å². The molecule has 0 saturated carbocycles. The predicted octanol–water partition coefficient (Wildman–Crippen LogP) is 3.51. The number of fused-ring (bicyclic) bond motifs is 1. The van der Waals surface area contributed by atoms with Crippen LogP contribution in [0.25, 0.3) is 0 Å². The molecule has 156 valence electrons. The molecular weight excluding hydrogens is 390 g/mol. The summed E-state index contributed by atoms with van der Waals surface area (Å²) in [4.78, 5) is 12.2. The van der Waals surface area contributed by atoms with Crippen LogP contribution in [0.2, 0.25) is 0 Å². The first-order valence-electron chi connectivity index (χ1n) is 9.74. The summed E-state index contributed by atoms with van der Waals surface area (Å²) in [6.45, 7) is 2.76. The van der Waals surface area contributed by atoms with E-state index in [9.17, 15) is 13.2 Å². The number of carbonyl (C=O) groups is 1. The Morgan fingerprint density at radius 3 is 2.62 bits per heavy atom. The minimum atomic E-state index is -3.30. The normalized spacial score (nSPS) is 13.5. The molecule has 3 rings (SSSR count). The van der Waals surface area contributed by atoms with Crippen LogP contribution >= 0.6 is 0 Å². The fourth-order valence-electron chi connectivity index (χ4n) is 3.40. The van der Waals surface area contributed by atoms with Gasteiger partial charge in [0.2, 0.25) is 10.0 Å². The highest BCUT2D eigenvalue weighted by Crippen LogP contribution is 2.32. The van der Waals surface area contributed by atoms with Crippen molar-refractivity contribution < 1.29 is 17.9 Å². The Hall–Kier alpha value is -2.74. The Labute approximate surface area is 172 Å². The molecule has 1 aliphatic heterocycles. The number of aryl methyl sites for hydroxylation is 1. The zero-order valence-electron chi connectivity index (χ0n) is 16.8. The third-order valence-electron chi connectivity index (χ3n) is 4.82. The van der Waals surface area contributed by atoms with Crippen LogP contribution in [0.15, 0.2) is 42.5 Å². The lowest BCUT2D eigenvalue weighted by Crippen LogP contribution is -2.37. The number of nitrogens with zero attached hydrogens (tertiary/aromatic N) is 1. The number of nitrogens with one attached hydrogen (secondary N) is 2. The van der Waals surface area contributed by atoms with Crippen LogP contribution in [-0.2, 0) is 23.0 Å². The molecule has 2 aromatic rings. The third kappa shape index (κ3) is 5.20. The Morgan fingerprint density at radius 1 is 1.17 bits per heavy atom. The lowest BCUT2D eigenvalue weighted by Gasteiger charge is -2.30. The smallest absolute Gasteiger partial charge is 0.319 e. The minimum absolute atomic E-state index is 0.139. The van der Waals surface area contributed by atoms with Crippen LogP contribution in [0, 0.1) is 0 Å². The quantitative estimate of drug-likeness (QED) is 0.722. The number of ether oxygens (including phenoxy) is 1. The second kappa shape index (κ2) is 9.17. The molecule has 0 atom stereocenters. The van der Waals surface area contributed by atoms with Crippen LogP contribution in [0.3, 0.4) is 0 Å². The molecule has 8 heteroatoms. The highest BCUT2D eigenvalue weighted by Gasteiger charge is 2.26. The number of amides is 2. The van der Waals surface area contributed by atoms with Gasteiger partial charge in [-0.05, 0) is 60.7 Å². The number of urea groups is 1. The molecule has 0 radical (unpaired) electrons. The molecule has 0 bridgehead atoms. The van der Waals surface area contributed by atoms with Crippen molar-refractivity contribution in [1.82, 2.24) is 5.32 Å². The largest absolute Gasteiger partial charge is 0.497 e. The number of anilines is 2. The van der Waals surface area contributed by atoms with Crippen LogP contribution in [0.4, 0.5) is 16.2 Å². The third-order valence-corrected chi connectivity index (χ3v) is 6.80. The van der Waals surface area contributed by atoms with E-state index >= 15 is 0 Å². The number of sulfonamides is 1. The summed E-state index contributed by atoms with van der Waals surface area (Å²) in [7, 11) is -1.69. The first kappa shape index (κ1) is 21.0. The molecule has 0 spiro atoms. The lowest BCUT2D eigenvalue weighted by molar-refractivity contribution is 0.251.